The van der Waals surface area contributed by atoms with Gasteiger partial charge in [0, 0.05) is 18.2 Å². The quantitative estimate of drug-likeness (QED) is 0.231. The van der Waals surface area contributed by atoms with Gasteiger partial charge in [-0.1, -0.05) is 128 Å². The van der Waals surface area contributed by atoms with Crippen molar-refractivity contribution in [2.75, 3.05) is 12.7 Å². The normalized spacial score (nSPS) is 17.4. The van der Waals surface area contributed by atoms with Crippen LogP contribution in [0.2, 0.25) is 0 Å². The average Bonchev–Trinajstić information content (AvgIpc) is 3.37. The number of hydrogen-bond donors (Lipinski definition) is 0. The Morgan fingerprint density at radius 1 is 0.722 bits per heavy atom. The van der Waals surface area contributed by atoms with Crippen molar-refractivity contribution in [3.63, 3.8) is 0 Å². The smallest absolute Gasteiger partial charge is 0.246 e. The van der Waals surface area contributed by atoms with E-state index in [0.29, 0.717) is 5.66 Å². The van der Waals surface area contributed by atoms with Gasteiger partial charge in [-0.25, -0.2) is 0 Å². The molecule has 0 aliphatic carbocycles. The third kappa shape index (κ3) is 5.52. The average molecular weight is 508 g/mol. The fourth-order valence-electron chi connectivity index (χ4n) is 5.17. The van der Waals surface area contributed by atoms with Gasteiger partial charge >= 0.3 is 0 Å². The maximum Gasteiger partial charge on any atom is 0.246 e. The molecule has 4 aromatic rings. The second-order valence-electron chi connectivity index (χ2n) is 9.06. The summed E-state index contributed by atoms with van der Waals surface area (Å²) in [6, 6.07) is 43.5. The molecule has 1 heterocycles. The largest absolute Gasteiger partial charge is 0.335 e. The lowest BCUT2D eigenvalue weighted by Gasteiger charge is -2.28. The molecule has 36 heavy (non-hydrogen) atoms. The van der Waals surface area contributed by atoms with E-state index in [-0.39, 0.29) is 11.9 Å². The van der Waals surface area contributed by atoms with Crippen LogP contribution in [0.1, 0.15) is 6.42 Å². The van der Waals surface area contributed by atoms with E-state index in [4.69, 9.17) is 0 Å². The summed E-state index contributed by atoms with van der Waals surface area (Å²) >= 11 is 0. The van der Waals surface area contributed by atoms with Gasteiger partial charge in [-0.2, -0.15) is 0 Å². The van der Waals surface area contributed by atoms with E-state index in [0.717, 1.165) is 19.1 Å². The van der Waals surface area contributed by atoms with E-state index in [2.05, 4.69) is 133 Å². The molecule has 4 heteroatoms. The molecule has 0 unspecified atom stereocenters. The zero-order valence-corrected chi connectivity index (χ0v) is 22.1. The highest BCUT2D eigenvalue weighted by Gasteiger charge is 2.40. The summed E-state index contributed by atoms with van der Waals surface area (Å²) in [5.41, 5.74) is 0.405. The van der Waals surface area contributed by atoms with Crippen molar-refractivity contribution in [3.8, 4) is 0 Å². The molecule has 4 aromatic carbocycles. The number of likely N-dealkylation sites (tertiary alicyclic amines) is 1. The molecule has 1 aliphatic rings. The first kappa shape index (κ1) is 24.6. The number of benzene rings is 4. The van der Waals surface area contributed by atoms with Crippen LogP contribution in [0.25, 0.3) is 0 Å². The van der Waals surface area contributed by atoms with Crippen LogP contribution in [0.3, 0.4) is 0 Å². The summed E-state index contributed by atoms with van der Waals surface area (Å²) in [5, 5.41) is 5.48. The Kier molecular flexibility index (Phi) is 8.07. The fourth-order valence-corrected chi connectivity index (χ4v) is 10.6. The molecule has 0 N–H and O–H groups in total. The van der Waals surface area contributed by atoms with Gasteiger partial charge in [0.1, 0.15) is 0 Å². The summed E-state index contributed by atoms with van der Waals surface area (Å²) < 4.78 is 0. The molecule has 1 aliphatic heterocycles. The molecule has 0 radical (unpaired) electrons. The molecule has 1 fully saturated rings. The number of carbonyl (C=O) groups excluding carboxylic acids is 1. The van der Waals surface area contributed by atoms with Gasteiger partial charge in [-0.05, 0) is 55.7 Å². The standard InChI is InChI=1S/C32H31NOP2/c1-2-32(34)33-24-31(36(29-19-11-5-12-20-29)30-21-13-6-14-22-30)23-26(33)25-35(27-15-7-3-8-16-27)28-17-9-4-10-18-28/h2-22,26,31H,1,23-25H2/t26-,31-/m0/s1. The van der Waals surface area contributed by atoms with E-state index in [1.165, 1.54) is 27.3 Å². The van der Waals surface area contributed by atoms with Crippen LogP contribution in [-0.2, 0) is 4.79 Å². The van der Waals surface area contributed by atoms with Crippen LogP contribution >= 0.6 is 15.8 Å². The van der Waals surface area contributed by atoms with Crippen molar-refractivity contribution >= 4 is 43.0 Å². The Morgan fingerprint density at radius 2 is 1.14 bits per heavy atom. The maximum atomic E-state index is 13.1. The summed E-state index contributed by atoms with van der Waals surface area (Å²) in [6.07, 6.45) is 3.47. The Bertz CT molecular complexity index is 1190. The minimum atomic E-state index is -0.590. The first-order chi connectivity index (χ1) is 17.7. The molecule has 1 saturated heterocycles. The van der Waals surface area contributed by atoms with Crippen LogP contribution in [0, 0.1) is 0 Å². The van der Waals surface area contributed by atoms with Crippen molar-refractivity contribution in [2.45, 2.75) is 18.1 Å². The summed E-state index contributed by atoms with van der Waals surface area (Å²) in [5.74, 6) is 0.0506. The van der Waals surface area contributed by atoms with E-state index in [1.54, 1.807) is 0 Å². The summed E-state index contributed by atoms with van der Waals surface area (Å²) in [6.45, 7) is 4.62. The third-order valence-corrected chi connectivity index (χ3v) is 12.3. The fraction of sp³-hybridized carbons (Fsp3) is 0.156. The highest BCUT2D eigenvalue weighted by Crippen LogP contribution is 2.47. The minimum absolute atomic E-state index is 0.0506. The van der Waals surface area contributed by atoms with Gasteiger partial charge in [0.2, 0.25) is 5.91 Å². The number of hydrogen-bond acceptors (Lipinski definition) is 1. The number of rotatable bonds is 8. The Labute approximate surface area is 217 Å². The predicted molar refractivity (Wildman–Crippen MR) is 157 cm³/mol. The van der Waals surface area contributed by atoms with Gasteiger partial charge in [0.15, 0.2) is 0 Å². The molecule has 1 amide bonds. The van der Waals surface area contributed by atoms with Crippen molar-refractivity contribution < 1.29 is 4.79 Å². The molecular weight excluding hydrogens is 476 g/mol. The molecule has 0 bridgehead atoms. The highest BCUT2D eigenvalue weighted by molar-refractivity contribution is 7.74. The van der Waals surface area contributed by atoms with E-state index >= 15 is 0 Å². The molecule has 0 saturated carbocycles. The van der Waals surface area contributed by atoms with Crippen molar-refractivity contribution in [1.82, 2.24) is 4.90 Å². The van der Waals surface area contributed by atoms with Gasteiger partial charge in [-0.15, -0.1) is 0 Å². The summed E-state index contributed by atoms with van der Waals surface area (Å²) in [4.78, 5) is 15.3. The van der Waals surface area contributed by atoms with Crippen LogP contribution in [0.15, 0.2) is 134 Å². The Balaban J connectivity index is 1.50. The van der Waals surface area contributed by atoms with Gasteiger partial charge < -0.3 is 4.90 Å². The number of amides is 1. The van der Waals surface area contributed by atoms with Gasteiger partial charge in [0.05, 0.1) is 0 Å². The van der Waals surface area contributed by atoms with Crippen molar-refractivity contribution in [2.24, 2.45) is 0 Å². The maximum absolute atomic E-state index is 13.1. The molecule has 2 atom stereocenters. The van der Waals surface area contributed by atoms with E-state index < -0.39 is 15.8 Å². The first-order valence-electron chi connectivity index (χ1n) is 12.4. The second-order valence-corrected chi connectivity index (χ2v) is 13.8. The molecular formula is C32H31NOP2. The zero-order valence-electron chi connectivity index (χ0n) is 20.4. The van der Waals surface area contributed by atoms with Crippen LogP contribution in [-0.4, -0.2) is 35.2 Å². The zero-order chi connectivity index (χ0) is 24.7. The van der Waals surface area contributed by atoms with E-state index in [9.17, 15) is 4.79 Å². The van der Waals surface area contributed by atoms with Crippen molar-refractivity contribution in [3.05, 3.63) is 134 Å². The monoisotopic (exact) mass is 507 g/mol. The molecule has 180 valence electrons. The van der Waals surface area contributed by atoms with E-state index in [1.807, 2.05) is 0 Å². The number of nitrogens with zero attached hydrogens (tertiary/aromatic N) is 1. The van der Waals surface area contributed by atoms with Crippen molar-refractivity contribution in [1.29, 1.82) is 0 Å². The molecule has 0 spiro atoms. The Morgan fingerprint density at radius 3 is 1.56 bits per heavy atom. The summed E-state index contributed by atoms with van der Waals surface area (Å²) in [7, 11) is -1.18. The van der Waals surface area contributed by atoms with Crippen LogP contribution in [0.5, 0.6) is 0 Å². The predicted octanol–water partition coefficient (Wildman–Crippen LogP) is 5.41. The third-order valence-electron chi connectivity index (χ3n) is 6.81. The molecule has 0 aromatic heterocycles. The van der Waals surface area contributed by atoms with Gasteiger partial charge in [0.25, 0.3) is 0 Å². The minimum Gasteiger partial charge on any atom is -0.335 e. The van der Waals surface area contributed by atoms with Crippen LogP contribution in [0.4, 0.5) is 0 Å². The first-order valence-corrected chi connectivity index (χ1v) is 15.4. The Hall–Kier alpha value is -3.05. The van der Waals surface area contributed by atoms with Crippen LogP contribution < -0.4 is 21.2 Å². The second kappa shape index (κ2) is 11.8. The molecule has 5 rings (SSSR count). The lowest BCUT2D eigenvalue weighted by molar-refractivity contribution is -0.126. The lowest BCUT2D eigenvalue weighted by Crippen LogP contribution is -2.38. The topological polar surface area (TPSA) is 20.3 Å². The number of carbonyl (C=O) groups is 1. The molecule has 2 nitrogen and oxygen atoms in total. The SMILES string of the molecule is C=CC(=O)N1C[C@@H](P(c2ccccc2)c2ccccc2)C[C@H]1CP(c1ccccc1)c1ccccc1. The lowest BCUT2D eigenvalue weighted by atomic mass is 10.2. The van der Waals surface area contributed by atoms with Gasteiger partial charge in [-0.3, -0.25) is 4.79 Å². The highest BCUT2D eigenvalue weighted by atomic mass is 31.1.